The Morgan fingerprint density at radius 3 is 3.00 bits per heavy atom. The lowest BCUT2D eigenvalue weighted by Gasteiger charge is -2.20. The largest absolute Gasteiger partial charge is 0.328 e. The van der Waals surface area contributed by atoms with Gasteiger partial charge < -0.3 is 4.90 Å². The topological polar surface area (TPSA) is 32.7 Å². The molecule has 0 saturated carbocycles. The van der Waals surface area contributed by atoms with Crippen LogP contribution in [-0.2, 0) is 6.42 Å². The standard InChI is InChI=1S/C13H12N2O/c16-13-5-2-10-8-11(3-4-12(10)13)15-7-1-6-14-9-15/h1,3-4,6-8H,2,5,9H2. The number of Topliss-reactive ketones (excluding diaryl/α,β-unsaturated/α-hetero) is 1. The Bertz CT molecular complexity index is 503. The molecule has 16 heavy (non-hydrogen) atoms. The summed E-state index contributed by atoms with van der Waals surface area (Å²) in [6.45, 7) is 0.656. The van der Waals surface area contributed by atoms with Gasteiger partial charge in [-0.1, -0.05) is 0 Å². The summed E-state index contributed by atoms with van der Waals surface area (Å²) in [6.07, 6.45) is 7.26. The molecule has 0 spiro atoms. The van der Waals surface area contributed by atoms with Crippen LogP contribution in [0, 0.1) is 0 Å². The van der Waals surface area contributed by atoms with Crippen molar-refractivity contribution >= 4 is 17.7 Å². The summed E-state index contributed by atoms with van der Waals surface area (Å²) < 4.78 is 0. The molecule has 0 aromatic heterocycles. The van der Waals surface area contributed by atoms with Gasteiger partial charge in [0.1, 0.15) is 6.67 Å². The van der Waals surface area contributed by atoms with Crippen LogP contribution in [0.1, 0.15) is 22.3 Å². The van der Waals surface area contributed by atoms with Crippen molar-refractivity contribution in [3.63, 3.8) is 0 Å². The van der Waals surface area contributed by atoms with E-state index in [-0.39, 0.29) is 5.78 Å². The summed E-state index contributed by atoms with van der Waals surface area (Å²) in [5.74, 6) is 0.272. The zero-order valence-corrected chi connectivity index (χ0v) is 8.89. The fourth-order valence-electron chi connectivity index (χ4n) is 2.17. The number of carbonyl (C=O) groups excluding carboxylic acids is 1. The van der Waals surface area contributed by atoms with E-state index in [0.29, 0.717) is 13.1 Å². The van der Waals surface area contributed by atoms with Gasteiger partial charge in [-0.05, 0) is 36.3 Å². The van der Waals surface area contributed by atoms with Crippen molar-refractivity contribution in [1.29, 1.82) is 0 Å². The van der Waals surface area contributed by atoms with E-state index < -0.39 is 0 Å². The van der Waals surface area contributed by atoms with Crippen molar-refractivity contribution < 1.29 is 4.79 Å². The molecular weight excluding hydrogens is 200 g/mol. The Kier molecular flexibility index (Phi) is 2.10. The smallest absolute Gasteiger partial charge is 0.163 e. The van der Waals surface area contributed by atoms with Crippen LogP contribution >= 0.6 is 0 Å². The van der Waals surface area contributed by atoms with Gasteiger partial charge in [-0.25, -0.2) is 0 Å². The highest BCUT2D eigenvalue weighted by Crippen LogP contribution is 2.27. The van der Waals surface area contributed by atoms with Crippen LogP contribution in [0.4, 0.5) is 5.69 Å². The number of aliphatic imine (C=N–C) groups is 1. The third-order valence-corrected chi connectivity index (χ3v) is 3.03. The number of benzene rings is 1. The summed E-state index contributed by atoms with van der Waals surface area (Å²) in [5.41, 5.74) is 3.18. The van der Waals surface area contributed by atoms with Gasteiger partial charge in [0.25, 0.3) is 0 Å². The molecule has 1 aromatic carbocycles. The predicted molar refractivity (Wildman–Crippen MR) is 64.1 cm³/mol. The summed E-state index contributed by atoms with van der Waals surface area (Å²) in [4.78, 5) is 17.8. The van der Waals surface area contributed by atoms with Crippen LogP contribution in [0.3, 0.4) is 0 Å². The van der Waals surface area contributed by atoms with Crippen molar-refractivity contribution in [1.82, 2.24) is 0 Å². The third-order valence-electron chi connectivity index (χ3n) is 3.03. The monoisotopic (exact) mass is 212 g/mol. The fraction of sp³-hybridized carbons (Fsp3) is 0.231. The summed E-state index contributed by atoms with van der Waals surface area (Å²) in [6, 6.07) is 6.03. The highest BCUT2D eigenvalue weighted by Gasteiger charge is 2.20. The lowest BCUT2D eigenvalue weighted by Crippen LogP contribution is -2.18. The average molecular weight is 212 g/mol. The Morgan fingerprint density at radius 1 is 1.25 bits per heavy atom. The highest BCUT2D eigenvalue weighted by molar-refractivity contribution is 6.00. The molecule has 0 amide bonds. The van der Waals surface area contributed by atoms with Gasteiger partial charge in [-0.2, -0.15) is 0 Å². The molecule has 0 fully saturated rings. The first-order chi connectivity index (χ1) is 7.84. The van der Waals surface area contributed by atoms with E-state index in [4.69, 9.17) is 0 Å². The molecule has 0 atom stereocenters. The minimum Gasteiger partial charge on any atom is -0.328 e. The van der Waals surface area contributed by atoms with Crippen molar-refractivity contribution in [3.05, 3.63) is 41.6 Å². The molecule has 0 unspecified atom stereocenters. The van der Waals surface area contributed by atoms with E-state index in [9.17, 15) is 4.79 Å². The maximum atomic E-state index is 11.5. The first-order valence-electron chi connectivity index (χ1n) is 5.44. The first kappa shape index (κ1) is 9.33. The van der Waals surface area contributed by atoms with E-state index in [1.54, 1.807) is 6.21 Å². The van der Waals surface area contributed by atoms with E-state index >= 15 is 0 Å². The molecule has 1 aliphatic heterocycles. The maximum absolute atomic E-state index is 11.5. The number of fused-ring (bicyclic) bond motifs is 1. The molecule has 0 radical (unpaired) electrons. The molecule has 3 heteroatoms. The zero-order chi connectivity index (χ0) is 11.0. The zero-order valence-electron chi connectivity index (χ0n) is 8.89. The van der Waals surface area contributed by atoms with E-state index in [2.05, 4.69) is 16.0 Å². The number of anilines is 1. The number of allylic oxidation sites excluding steroid dienone is 1. The molecule has 1 aliphatic carbocycles. The Labute approximate surface area is 94.1 Å². The van der Waals surface area contributed by atoms with E-state index in [1.807, 2.05) is 24.4 Å². The summed E-state index contributed by atoms with van der Waals surface area (Å²) in [5, 5.41) is 0. The van der Waals surface area contributed by atoms with Crippen LogP contribution in [-0.4, -0.2) is 18.7 Å². The molecule has 1 aromatic rings. The number of ketones is 1. The fourth-order valence-corrected chi connectivity index (χ4v) is 2.17. The van der Waals surface area contributed by atoms with Crippen molar-refractivity contribution in [3.8, 4) is 0 Å². The van der Waals surface area contributed by atoms with Crippen LogP contribution in [0.5, 0.6) is 0 Å². The van der Waals surface area contributed by atoms with Gasteiger partial charge in [0.05, 0.1) is 0 Å². The van der Waals surface area contributed by atoms with Gasteiger partial charge in [0.2, 0.25) is 0 Å². The predicted octanol–water partition coefficient (Wildman–Crippen LogP) is 2.18. The molecule has 0 saturated heterocycles. The van der Waals surface area contributed by atoms with Crippen LogP contribution in [0.15, 0.2) is 35.5 Å². The summed E-state index contributed by atoms with van der Waals surface area (Å²) in [7, 11) is 0. The van der Waals surface area contributed by atoms with Crippen molar-refractivity contribution in [2.75, 3.05) is 11.6 Å². The van der Waals surface area contributed by atoms with Gasteiger partial charge in [0.15, 0.2) is 5.78 Å². The Balaban J connectivity index is 1.95. The second-order valence-electron chi connectivity index (χ2n) is 4.05. The number of rotatable bonds is 1. The summed E-state index contributed by atoms with van der Waals surface area (Å²) >= 11 is 0. The SMILES string of the molecule is O=C1CCc2cc(N3C=CC=NC3)ccc21. The van der Waals surface area contributed by atoms with E-state index in [1.165, 1.54) is 5.56 Å². The molecule has 3 nitrogen and oxygen atoms in total. The lowest BCUT2D eigenvalue weighted by atomic mass is 10.1. The normalized spacial score (nSPS) is 18.0. The Morgan fingerprint density at radius 2 is 2.19 bits per heavy atom. The number of nitrogens with zero attached hydrogens (tertiary/aromatic N) is 2. The molecule has 1 heterocycles. The molecule has 2 aliphatic rings. The minimum atomic E-state index is 0.272. The van der Waals surface area contributed by atoms with Crippen LogP contribution in [0.2, 0.25) is 0 Å². The van der Waals surface area contributed by atoms with Gasteiger partial charge in [-0.15, -0.1) is 0 Å². The quantitative estimate of drug-likeness (QED) is 0.714. The second-order valence-corrected chi connectivity index (χ2v) is 4.05. The Hall–Kier alpha value is -1.90. The lowest BCUT2D eigenvalue weighted by molar-refractivity contribution is 0.0994. The minimum absolute atomic E-state index is 0.272. The van der Waals surface area contributed by atoms with E-state index in [0.717, 1.165) is 17.7 Å². The molecule has 3 rings (SSSR count). The van der Waals surface area contributed by atoms with Gasteiger partial charge in [-0.3, -0.25) is 9.79 Å². The molecule has 0 bridgehead atoms. The van der Waals surface area contributed by atoms with Crippen LogP contribution in [0.25, 0.3) is 0 Å². The average Bonchev–Trinajstić information content (AvgIpc) is 2.72. The highest BCUT2D eigenvalue weighted by atomic mass is 16.1. The third kappa shape index (κ3) is 1.45. The number of aryl methyl sites for hydroxylation is 1. The van der Waals surface area contributed by atoms with Gasteiger partial charge >= 0.3 is 0 Å². The molecular formula is C13H12N2O. The second kappa shape index (κ2) is 3.59. The number of hydrogen-bond donors (Lipinski definition) is 0. The molecule has 80 valence electrons. The van der Waals surface area contributed by atoms with Gasteiger partial charge in [0, 0.05) is 30.1 Å². The first-order valence-corrected chi connectivity index (χ1v) is 5.44. The number of carbonyl (C=O) groups is 1. The number of hydrogen-bond acceptors (Lipinski definition) is 3. The molecule has 0 N–H and O–H groups in total. The van der Waals surface area contributed by atoms with Crippen LogP contribution < -0.4 is 4.90 Å². The maximum Gasteiger partial charge on any atom is 0.163 e. The van der Waals surface area contributed by atoms with Crippen molar-refractivity contribution in [2.45, 2.75) is 12.8 Å². The van der Waals surface area contributed by atoms with Crippen molar-refractivity contribution in [2.24, 2.45) is 4.99 Å².